The number of carbonyl (C=O) groups is 2. The lowest BCUT2D eigenvalue weighted by Crippen LogP contribution is -2.20. The van der Waals surface area contributed by atoms with Crippen molar-refractivity contribution in [1.29, 1.82) is 0 Å². The van der Waals surface area contributed by atoms with Crippen LogP contribution in [-0.4, -0.2) is 31.2 Å². The van der Waals surface area contributed by atoms with Crippen LogP contribution >= 0.6 is 0 Å². The molecule has 28 heavy (non-hydrogen) atoms. The topological polar surface area (TPSA) is 89.0 Å². The highest BCUT2D eigenvalue weighted by molar-refractivity contribution is 5.93. The first-order valence-electron chi connectivity index (χ1n) is 8.99. The molecule has 7 nitrogen and oxygen atoms in total. The third-order valence-corrected chi connectivity index (χ3v) is 3.63. The van der Waals surface area contributed by atoms with Gasteiger partial charge in [-0.1, -0.05) is 12.1 Å². The van der Waals surface area contributed by atoms with Crippen LogP contribution in [0.1, 0.15) is 32.3 Å². The Balaban J connectivity index is 1.77. The summed E-state index contributed by atoms with van der Waals surface area (Å²) < 4.78 is 10.8. The Bertz CT molecular complexity index is 817. The van der Waals surface area contributed by atoms with E-state index in [9.17, 15) is 9.59 Å². The van der Waals surface area contributed by atoms with Gasteiger partial charge in [0, 0.05) is 24.1 Å². The molecular weight excluding hydrogens is 358 g/mol. The second-order valence-corrected chi connectivity index (χ2v) is 6.27. The minimum Gasteiger partial charge on any atom is -0.497 e. The van der Waals surface area contributed by atoms with Gasteiger partial charge in [-0.25, -0.2) is 5.43 Å². The largest absolute Gasteiger partial charge is 0.497 e. The number of hydrogen-bond donors (Lipinski definition) is 2. The Kier molecular flexibility index (Phi) is 8.02. The minimum absolute atomic E-state index is 0.0312. The highest BCUT2D eigenvalue weighted by Gasteiger charge is 2.07. The minimum atomic E-state index is -0.344. The van der Waals surface area contributed by atoms with Crippen molar-refractivity contribution in [1.82, 2.24) is 5.43 Å². The van der Waals surface area contributed by atoms with Crippen LogP contribution in [0.3, 0.4) is 0 Å². The van der Waals surface area contributed by atoms with Gasteiger partial charge in [-0.15, -0.1) is 0 Å². The van der Waals surface area contributed by atoms with E-state index in [0.29, 0.717) is 17.2 Å². The van der Waals surface area contributed by atoms with Gasteiger partial charge in [0.05, 0.1) is 19.4 Å². The van der Waals surface area contributed by atoms with Crippen molar-refractivity contribution in [2.75, 3.05) is 12.4 Å². The van der Waals surface area contributed by atoms with E-state index < -0.39 is 0 Å². The predicted octanol–water partition coefficient (Wildman–Crippen LogP) is 3.35. The molecule has 0 fully saturated rings. The van der Waals surface area contributed by atoms with E-state index in [1.165, 1.54) is 6.21 Å². The van der Waals surface area contributed by atoms with Crippen molar-refractivity contribution in [3.05, 3.63) is 54.1 Å². The summed E-state index contributed by atoms with van der Waals surface area (Å²) in [5, 5.41) is 6.67. The van der Waals surface area contributed by atoms with Gasteiger partial charge in [-0.2, -0.15) is 5.10 Å². The Morgan fingerprint density at radius 2 is 1.71 bits per heavy atom. The smallest absolute Gasteiger partial charge is 0.240 e. The third kappa shape index (κ3) is 7.11. The summed E-state index contributed by atoms with van der Waals surface area (Å²) in [5.74, 6) is 0.799. The molecule has 0 aliphatic rings. The number of nitrogens with one attached hydrogen (secondary N) is 2. The van der Waals surface area contributed by atoms with Crippen LogP contribution in [0.4, 0.5) is 5.69 Å². The summed E-state index contributed by atoms with van der Waals surface area (Å²) in [5.41, 5.74) is 3.83. The van der Waals surface area contributed by atoms with Gasteiger partial charge in [0.15, 0.2) is 0 Å². The number of carbonyl (C=O) groups excluding carboxylic acids is 2. The molecule has 2 N–H and O–H groups in total. The fourth-order valence-corrected chi connectivity index (χ4v) is 2.30. The lowest BCUT2D eigenvalue weighted by atomic mass is 10.2. The van der Waals surface area contributed by atoms with Crippen molar-refractivity contribution in [2.24, 2.45) is 5.10 Å². The fourth-order valence-electron chi connectivity index (χ4n) is 2.30. The summed E-state index contributed by atoms with van der Waals surface area (Å²) in [6, 6.07) is 14.4. The molecule has 2 rings (SSSR count). The molecule has 0 spiro atoms. The Hall–Kier alpha value is -3.35. The van der Waals surface area contributed by atoms with Crippen LogP contribution in [0.25, 0.3) is 0 Å². The van der Waals surface area contributed by atoms with Crippen molar-refractivity contribution >= 4 is 23.7 Å². The van der Waals surface area contributed by atoms with Gasteiger partial charge in [0.2, 0.25) is 11.8 Å². The van der Waals surface area contributed by atoms with Crippen molar-refractivity contribution in [3.8, 4) is 11.5 Å². The number of anilines is 1. The molecule has 2 amide bonds. The van der Waals surface area contributed by atoms with Crippen molar-refractivity contribution in [2.45, 2.75) is 32.8 Å². The molecule has 0 aromatic heterocycles. The van der Waals surface area contributed by atoms with E-state index >= 15 is 0 Å². The number of amides is 2. The maximum Gasteiger partial charge on any atom is 0.240 e. The normalized spacial score (nSPS) is 10.7. The van der Waals surface area contributed by atoms with Gasteiger partial charge in [-0.05, 0) is 50.2 Å². The Morgan fingerprint density at radius 1 is 1.04 bits per heavy atom. The highest BCUT2D eigenvalue weighted by atomic mass is 16.5. The van der Waals surface area contributed by atoms with Crippen LogP contribution in [-0.2, 0) is 9.59 Å². The average molecular weight is 383 g/mol. The molecule has 0 radical (unpaired) electrons. The number of benzene rings is 2. The average Bonchev–Trinajstić information content (AvgIpc) is 2.68. The number of ether oxygens (including phenoxy) is 2. The molecule has 148 valence electrons. The number of methoxy groups -OCH3 is 1. The molecule has 0 bridgehead atoms. The maximum absolute atomic E-state index is 11.9. The molecule has 0 atom stereocenters. The zero-order valence-electron chi connectivity index (χ0n) is 16.3. The van der Waals surface area contributed by atoms with Crippen LogP contribution in [0, 0.1) is 0 Å². The molecule has 0 unspecified atom stereocenters. The molecule has 0 aliphatic heterocycles. The van der Waals surface area contributed by atoms with Gasteiger partial charge in [0.1, 0.15) is 11.5 Å². The van der Waals surface area contributed by atoms with E-state index in [4.69, 9.17) is 9.47 Å². The molecule has 2 aromatic rings. The summed E-state index contributed by atoms with van der Waals surface area (Å²) >= 11 is 0. The Morgan fingerprint density at radius 3 is 2.39 bits per heavy atom. The number of nitrogens with zero attached hydrogens (tertiary/aromatic N) is 1. The van der Waals surface area contributed by atoms with Crippen LogP contribution in [0.15, 0.2) is 53.6 Å². The first-order valence-corrected chi connectivity index (χ1v) is 8.99. The standard InChI is InChI=1S/C21H25N3O4/c1-15(2)28-19-7-5-4-6-16(19)14-22-24-21(26)13-12-20(25)23-17-8-10-18(27-3)11-9-17/h4-11,14-15H,12-13H2,1-3H3,(H,23,25)(H,24,26). The van der Waals surface area contributed by atoms with Gasteiger partial charge in [-0.3, -0.25) is 9.59 Å². The molecular formula is C21H25N3O4. The summed E-state index contributed by atoms with van der Waals surface area (Å²) in [7, 11) is 1.57. The number of rotatable bonds is 9. The molecule has 2 aromatic carbocycles. The van der Waals surface area contributed by atoms with Gasteiger partial charge < -0.3 is 14.8 Å². The Labute approximate surface area is 164 Å². The molecule has 0 heterocycles. The lowest BCUT2D eigenvalue weighted by molar-refractivity contribution is -0.124. The van der Waals surface area contributed by atoms with E-state index in [-0.39, 0.29) is 30.8 Å². The zero-order valence-corrected chi connectivity index (χ0v) is 16.3. The zero-order chi connectivity index (χ0) is 20.4. The maximum atomic E-state index is 11.9. The molecule has 0 aliphatic carbocycles. The first-order chi connectivity index (χ1) is 13.5. The third-order valence-electron chi connectivity index (χ3n) is 3.63. The second-order valence-electron chi connectivity index (χ2n) is 6.27. The molecule has 7 heteroatoms. The number of hydrogen-bond acceptors (Lipinski definition) is 5. The summed E-state index contributed by atoms with van der Waals surface area (Å²) in [6.07, 6.45) is 1.64. The van der Waals surface area contributed by atoms with Crippen molar-refractivity contribution < 1.29 is 19.1 Å². The van der Waals surface area contributed by atoms with Crippen LogP contribution in [0.5, 0.6) is 11.5 Å². The van der Waals surface area contributed by atoms with Gasteiger partial charge in [0.25, 0.3) is 0 Å². The second kappa shape index (κ2) is 10.7. The van der Waals surface area contributed by atoms with Crippen molar-refractivity contribution in [3.63, 3.8) is 0 Å². The molecule has 0 saturated heterocycles. The highest BCUT2D eigenvalue weighted by Crippen LogP contribution is 2.17. The summed E-state index contributed by atoms with van der Waals surface area (Å²) in [6.45, 7) is 3.87. The quantitative estimate of drug-likeness (QED) is 0.513. The first kappa shape index (κ1) is 21.0. The fraction of sp³-hybridized carbons (Fsp3) is 0.286. The monoisotopic (exact) mass is 383 g/mol. The SMILES string of the molecule is COc1ccc(NC(=O)CCC(=O)NN=Cc2ccccc2OC(C)C)cc1. The van der Waals surface area contributed by atoms with E-state index in [0.717, 1.165) is 5.56 Å². The van der Waals surface area contributed by atoms with E-state index in [1.807, 2.05) is 38.1 Å². The lowest BCUT2D eigenvalue weighted by Gasteiger charge is -2.11. The molecule has 0 saturated carbocycles. The number of hydrazone groups is 1. The predicted molar refractivity (Wildman–Crippen MR) is 109 cm³/mol. The van der Waals surface area contributed by atoms with Crippen LogP contribution < -0.4 is 20.2 Å². The van der Waals surface area contributed by atoms with Crippen LogP contribution in [0.2, 0.25) is 0 Å². The number of para-hydroxylation sites is 1. The van der Waals surface area contributed by atoms with E-state index in [2.05, 4.69) is 15.8 Å². The van der Waals surface area contributed by atoms with E-state index in [1.54, 1.807) is 31.4 Å². The van der Waals surface area contributed by atoms with Gasteiger partial charge >= 0.3 is 0 Å². The summed E-state index contributed by atoms with van der Waals surface area (Å²) in [4.78, 5) is 23.8.